The Balaban J connectivity index is 2.05. The van der Waals surface area contributed by atoms with Gasteiger partial charge in [0.25, 0.3) is 0 Å². The van der Waals surface area contributed by atoms with Crippen molar-refractivity contribution in [3.05, 3.63) is 29.3 Å². The Labute approximate surface area is 106 Å². The molecule has 18 heavy (non-hydrogen) atoms. The summed E-state index contributed by atoms with van der Waals surface area (Å²) in [5.41, 5.74) is 10.4. The van der Waals surface area contributed by atoms with Crippen LogP contribution in [0.25, 0.3) is 0 Å². The molecule has 2 rings (SSSR count). The average Bonchev–Trinajstić information content (AvgIpc) is 2.38. The Morgan fingerprint density at radius 3 is 3.11 bits per heavy atom. The number of nitrogens with one attached hydrogen (secondary N) is 1. The molecular formula is C13H18N2O3. The molecule has 0 saturated carbocycles. The van der Waals surface area contributed by atoms with Gasteiger partial charge in [-0.15, -0.1) is 0 Å². The number of fused-ring (bicyclic) bond motifs is 1. The third-order valence-corrected chi connectivity index (χ3v) is 3.10. The van der Waals surface area contributed by atoms with Crippen molar-refractivity contribution in [1.29, 1.82) is 0 Å². The topological polar surface area (TPSA) is 73.6 Å². The summed E-state index contributed by atoms with van der Waals surface area (Å²) in [6.07, 6.45) is 3.11. The van der Waals surface area contributed by atoms with E-state index in [9.17, 15) is 4.79 Å². The summed E-state index contributed by atoms with van der Waals surface area (Å²) < 4.78 is 5.22. The minimum atomic E-state index is -0.478. The van der Waals surface area contributed by atoms with Crippen LogP contribution < -0.4 is 16.0 Å². The zero-order chi connectivity index (χ0) is 13.0. The first-order chi connectivity index (χ1) is 8.70. The summed E-state index contributed by atoms with van der Waals surface area (Å²) in [6, 6.07) is 6.14. The molecule has 3 N–H and O–H groups in total. The van der Waals surface area contributed by atoms with Gasteiger partial charge in [-0.05, 0) is 42.5 Å². The highest BCUT2D eigenvalue weighted by Gasteiger charge is 2.20. The molecular weight excluding hydrogens is 232 g/mol. The molecule has 0 spiro atoms. The molecule has 0 bridgehead atoms. The van der Waals surface area contributed by atoms with Crippen LogP contribution in [0.4, 0.5) is 0 Å². The van der Waals surface area contributed by atoms with E-state index in [0.29, 0.717) is 0 Å². The monoisotopic (exact) mass is 250 g/mol. The van der Waals surface area contributed by atoms with Crippen LogP contribution in [0.5, 0.6) is 5.75 Å². The second-order valence-electron chi connectivity index (χ2n) is 4.38. The molecule has 0 fully saturated rings. The molecule has 0 radical (unpaired) electrons. The molecule has 1 amide bonds. The van der Waals surface area contributed by atoms with Crippen molar-refractivity contribution >= 4 is 5.91 Å². The summed E-state index contributed by atoms with van der Waals surface area (Å²) in [4.78, 5) is 15.7. The lowest BCUT2D eigenvalue weighted by atomic mass is 9.88. The Kier molecular flexibility index (Phi) is 4.17. The number of nitrogens with two attached hydrogens (primary N) is 1. The van der Waals surface area contributed by atoms with Crippen molar-refractivity contribution in [2.75, 3.05) is 13.7 Å². The maximum absolute atomic E-state index is 10.6. The third kappa shape index (κ3) is 3.00. The molecule has 0 saturated heterocycles. The molecule has 0 aromatic heterocycles. The van der Waals surface area contributed by atoms with Crippen LogP contribution in [0, 0.1) is 0 Å². The van der Waals surface area contributed by atoms with E-state index in [2.05, 4.69) is 11.5 Å². The first kappa shape index (κ1) is 12.9. The molecule has 5 nitrogen and oxygen atoms in total. The highest BCUT2D eigenvalue weighted by atomic mass is 16.6. The normalized spacial score (nSPS) is 18.2. The lowest BCUT2D eigenvalue weighted by Gasteiger charge is -2.26. The molecule has 1 aromatic carbocycles. The lowest BCUT2D eigenvalue weighted by molar-refractivity contribution is -0.126. The second-order valence-corrected chi connectivity index (χ2v) is 4.38. The fraction of sp³-hybridized carbons (Fsp3) is 0.462. The number of rotatable bonds is 5. The number of aryl methyl sites for hydroxylation is 1. The zero-order valence-electron chi connectivity index (χ0n) is 10.4. The molecule has 5 heteroatoms. The van der Waals surface area contributed by atoms with E-state index < -0.39 is 5.91 Å². The number of hydrogen-bond acceptors (Lipinski definition) is 4. The minimum absolute atomic E-state index is 0.109. The van der Waals surface area contributed by atoms with Crippen molar-refractivity contribution in [2.45, 2.75) is 25.3 Å². The van der Waals surface area contributed by atoms with E-state index in [1.165, 1.54) is 11.1 Å². The van der Waals surface area contributed by atoms with E-state index >= 15 is 0 Å². The van der Waals surface area contributed by atoms with E-state index in [1.807, 2.05) is 12.1 Å². The summed E-state index contributed by atoms with van der Waals surface area (Å²) in [5, 5.41) is 0. The van der Waals surface area contributed by atoms with Gasteiger partial charge in [-0.1, -0.05) is 6.07 Å². The first-order valence-electron chi connectivity index (χ1n) is 6.03. The largest absolute Gasteiger partial charge is 0.497 e. The van der Waals surface area contributed by atoms with Gasteiger partial charge in [0, 0.05) is 0 Å². The van der Waals surface area contributed by atoms with Crippen LogP contribution in [0.2, 0.25) is 0 Å². The fourth-order valence-electron chi connectivity index (χ4n) is 2.25. The van der Waals surface area contributed by atoms with Gasteiger partial charge in [-0.25, -0.2) is 0 Å². The molecule has 0 heterocycles. The molecule has 1 aliphatic rings. The number of hydrogen-bond donors (Lipinski definition) is 2. The summed E-state index contributed by atoms with van der Waals surface area (Å²) >= 11 is 0. The van der Waals surface area contributed by atoms with Crippen molar-refractivity contribution in [3.63, 3.8) is 0 Å². The Morgan fingerprint density at radius 2 is 2.39 bits per heavy atom. The Morgan fingerprint density at radius 1 is 1.56 bits per heavy atom. The van der Waals surface area contributed by atoms with Crippen molar-refractivity contribution in [3.8, 4) is 5.75 Å². The Bertz CT molecular complexity index is 434. The number of benzene rings is 1. The number of methoxy groups -OCH3 is 1. The summed E-state index contributed by atoms with van der Waals surface area (Å²) in [5.74, 6) is 0.390. The molecule has 1 unspecified atom stereocenters. The van der Waals surface area contributed by atoms with Crippen molar-refractivity contribution in [2.24, 2.45) is 5.73 Å². The highest BCUT2D eigenvalue weighted by molar-refractivity contribution is 5.74. The number of carbonyl (C=O) groups excluding carboxylic acids is 1. The molecule has 1 atom stereocenters. The van der Waals surface area contributed by atoms with Crippen LogP contribution >= 0.6 is 0 Å². The number of amides is 1. The predicted octanol–water partition coefficient (Wildman–Crippen LogP) is 1.08. The average molecular weight is 250 g/mol. The van der Waals surface area contributed by atoms with E-state index in [-0.39, 0.29) is 12.6 Å². The summed E-state index contributed by atoms with van der Waals surface area (Å²) in [6.45, 7) is -0.109. The van der Waals surface area contributed by atoms with Gasteiger partial charge in [-0.3, -0.25) is 9.63 Å². The molecule has 98 valence electrons. The predicted molar refractivity (Wildman–Crippen MR) is 67.0 cm³/mol. The van der Waals surface area contributed by atoms with E-state index in [4.69, 9.17) is 15.3 Å². The molecule has 1 aliphatic carbocycles. The zero-order valence-corrected chi connectivity index (χ0v) is 10.4. The van der Waals surface area contributed by atoms with Gasteiger partial charge in [0.15, 0.2) is 0 Å². The minimum Gasteiger partial charge on any atom is -0.497 e. The van der Waals surface area contributed by atoms with Crippen LogP contribution in [-0.4, -0.2) is 19.6 Å². The van der Waals surface area contributed by atoms with Crippen LogP contribution in [0.1, 0.15) is 30.0 Å². The standard InChI is InChI=1S/C13H18N2O3/c1-17-10-5-6-11-9(7-10)3-2-4-12(11)15-18-8-13(14)16/h5-7,12,15H,2-4,8H2,1H3,(H2,14,16). The molecule has 1 aromatic rings. The maximum Gasteiger partial charge on any atom is 0.245 e. The van der Waals surface area contributed by atoms with Gasteiger partial charge >= 0.3 is 0 Å². The SMILES string of the molecule is COc1ccc2c(c1)CCCC2NOCC(N)=O. The smallest absolute Gasteiger partial charge is 0.245 e. The van der Waals surface area contributed by atoms with Crippen molar-refractivity contribution < 1.29 is 14.4 Å². The molecule has 0 aliphatic heterocycles. The van der Waals surface area contributed by atoms with E-state index in [0.717, 1.165) is 25.0 Å². The summed E-state index contributed by atoms with van der Waals surface area (Å²) in [7, 11) is 1.66. The quantitative estimate of drug-likeness (QED) is 0.767. The maximum atomic E-state index is 10.6. The van der Waals surface area contributed by atoms with Crippen LogP contribution in [0.3, 0.4) is 0 Å². The van der Waals surface area contributed by atoms with E-state index in [1.54, 1.807) is 7.11 Å². The van der Waals surface area contributed by atoms with Crippen LogP contribution in [0.15, 0.2) is 18.2 Å². The number of primary amides is 1. The van der Waals surface area contributed by atoms with Crippen LogP contribution in [-0.2, 0) is 16.1 Å². The van der Waals surface area contributed by atoms with Crippen molar-refractivity contribution in [1.82, 2.24) is 5.48 Å². The fourth-order valence-corrected chi connectivity index (χ4v) is 2.25. The van der Waals surface area contributed by atoms with Gasteiger partial charge in [0.05, 0.1) is 13.2 Å². The van der Waals surface area contributed by atoms with Gasteiger partial charge < -0.3 is 10.5 Å². The Hall–Kier alpha value is -1.59. The second kappa shape index (κ2) is 5.84. The number of carbonyl (C=O) groups is 1. The van der Waals surface area contributed by atoms with Gasteiger partial charge in [0.1, 0.15) is 12.4 Å². The number of ether oxygens (including phenoxy) is 1. The lowest BCUT2D eigenvalue weighted by Crippen LogP contribution is -2.29. The number of hydroxylamine groups is 1. The van der Waals surface area contributed by atoms with Gasteiger partial charge in [0.2, 0.25) is 5.91 Å². The third-order valence-electron chi connectivity index (χ3n) is 3.10. The highest BCUT2D eigenvalue weighted by Crippen LogP contribution is 2.32. The first-order valence-corrected chi connectivity index (χ1v) is 6.03. The van der Waals surface area contributed by atoms with Gasteiger partial charge in [-0.2, -0.15) is 5.48 Å².